The maximum atomic E-state index is 12.5. The summed E-state index contributed by atoms with van der Waals surface area (Å²) in [6.07, 6.45) is 0. The first kappa shape index (κ1) is 16.8. The average Bonchev–Trinajstić information content (AvgIpc) is 3.03. The second-order valence-corrected chi connectivity index (χ2v) is 6.06. The molecule has 0 unspecified atom stereocenters. The summed E-state index contributed by atoms with van der Waals surface area (Å²) in [6.45, 7) is 4.53. The Hall–Kier alpha value is -3.01. The molecule has 1 amide bonds. The van der Waals surface area contributed by atoms with Gasteiger partial charge >= 0.3 is 0 Å². The van der Waals surface area contributed by atoms with Gasteiger partial charge in [-0.15, -0.1) is 0 Å². The molecule has 0 aliphatic carbocycles. The first-order valence-corrected chi connectivity index (χ1v) is 8.25. The van der Waals surface area contributed by atoms with Crippen LogP contribution in [-0.2, 0) is 4.79 Å². The van der Waals surface area contributed by atoms with Gasteiger partial charge in [0.25, 0.3) is 0 Å². The second-order valence-electron chi connectivity index (χ2n) is 6.06. The molecule has 1 aliphatic heterocycles. The number of hydrogen-bond donors (Lipinski definition) is 0. The highest BCUT2D eigenvalue weighted by Gasteiger charge is 2.26. The maximum Gasteiger partial charge on any atom is 0.242 e. The highest BCUT2D eigenvalue weighted by atomic mass is 16.4. The van der Waals surface area contributed by atoms with Crippen LogP contribution in [0.4, 0.5) is 11.6 Å². The van der Waals surface area contributed by atoms with Gasteiger partial charge in [-0.2, -0.15) is 5.26 Å². The van der Waals surface area contributed by atoms with E-state index in [1.54, 1.807) is 6.92 Å². The van der Waals surface area contributed by atoms with Gasteiger partial charge in [0.1, 0.15) is 6.07 Å². The topological polar surface area (TPSA) is 76.6 Å². The summed E-state index contributed by atoms with van der Waals surface area (Å²) in [5, 5.41) is 9.14. The first-order chi connectivity index (χ1) is 12.1. The molecule has 2 heterocycles. The van der Waals surface area contributed by atoms with Crippen molar-refractivity contribution in [2.75, 3.05) is 49.6 Å². The van der Waals surface area contributed by atoms with Crippen LogP contribution in [0.3, 0.4) is 0 Å². The van der Waals surface area contributed by atoms with Crippen LogP contribution in [0.25, 0.3) is 0 Å². The minimum atomic E-state index is 0.0975. The molecule has 0 atom stereocenters. The Morgan fingerprint density at radius 2 is 1.96 bits per heavy atom. The number of aromatic nitrogens is 1. The number of para-hydroxylation sites is 1. The summed E-state index contributed by atoms with van der Waals surface area (Å²) in [5.41, 5.74) is 1.33. The second kappa shape index (κ2) is 7.26. The maximum absolute atomic E-state index is 12.5. The number of likely N-dealkylation sites (N-methyl/N-ethyl adjacent to an activating group) is 1. The molecule has 1 aliphatic rings. The van der Waals surface area contributed by atoms with Crippen molar-refractivity contribution in [3.8, 4) is 6.07 Å². The molecule has 1 fully saturated rings. The molecule has 7 nitrogen and oxygen atoms in total. The third-order valence-electron chi connectivity index (χ3n) is 4.31. The summed E-state index contributed by atoms with van der Waals surface area (Å²) < 4.78 is 5.54. The Bertz CT molecular complexity index is 773. The minimum absolute atomic E-state index is 0.0975. The summed E-state index contributed by atoms with van der Waals surface area (Å²) in [5.74, 6) is 1.09. The van der Waals surface area contributed by atoms with Crippen molar-refractivity contribution in [1.29, 1.82) is 5.26 Å². The molecule has 2 aromatic rings. The van der Waals surface area contributed by atoms with Crippen LogP contribution < -0.4 is 9.80 Å². The van der Waals surface area contributed by atoms with E-state index in [0.29, 0.717) is 50.2 Å². The summed E-state index contributed by atoms with van der Waals surface area (Å²) in [4.78, 5) is 22.4. The molecule has 7 heteroatoms. The molecule has 3 rings (SSSR count). The Kier molecular flexibility index (Phi) is 4.89. The summed E-state index contributed by atoms with van der Waals surface area (Å²) in [6, 6.07) is 11.9. The minimum Gasteiger partial charge on any atom is -0.424 e. The standard InChI is InChI=1S/C18H21N5O2/c1-14-20-16(12-19)18(25-14)23-10-8-22(9-11-23)17(24)13-21(2)15-6-4-3-5-7-15/h3-7H,8-11,13H2,1-2H3. The zero-order valence-corrected chi connectivity index (χ0v) is 14.5. The summed E-state index contributed by atoms with van der Waals surface area (Å²) in [7, 11) is 1.92. The molecule has 1 aromatic carbocycles. The predicted molar refractivity (Wildman–Crippen MR) is 94.5 cm³/mol. The molecule has 0 N–H and O–H groups in total. The molecular formula is C18H21N5O2. The lowest BCUT2D eigenvalue weighted by Gasteiger charge is -2.35. The highest BCUT2D eigenvalue weighted by Crippen LogP contribution is 2.22. The van der Waals surface area contributed by atoms with Crippen LogP contribution >= 0.6 is 0 Å². The van der Waals surface area contributed by atoms with Gasteiger partial charge in [0.2, 0.25) is 17.5 Å². The van der Waals surface area contributed by atoms with Crippen molar-refractivity contribution in [1.82, 2.24) is 9.88 Å². The Morgan fingerprint density at radius 1 is 1.28 bits per heavy atom. The molecule has 0 saturated carbocycles. The van der Waals surface area contributed by atoms with Crippen LogP contribution in [0.2, 0.25) is 0 Å². The number of nitrogens with zero attached hydrogens (tertiary/aromatic N) is 5. The van der Waals surface area contributed by atoms with Crippen molar-refractivity contribution >= 4 is 17.5 Å². The number of nitriles is 1. The SMILES string of the molecule is Cc1nc(C#N)c(N2CCN(C(=O)CN(C)c3ccccc3)CC2)o1. The zero-order chi connectivity index (χ0) is 17.8. The smallest absolute Gasteiger partial charge is 0.242 e. The average molecular weight is 339 g/mol. The number of oxazole rings is 1. The van der Waals surface area contributed by atoms with Crippen molar-refractivity contribution in [2.45, 2.75) is 6.92 Å². The van der Waals surface area contributed by atoms with Crippen LogP contribution in [-0.4, -0.2) is 55.6 Å². The van der Waals surface area contributed by atoms with E-state index in [1.165, 1.54) is 0 Å². The van der Waals surface area contributed by atoms with Gasteiger partial charge in [-0.1, -0.05) is 18.2 Å². The predicted octanol–water partition coefficient (Wildman–Crippen LogP) is 1.64. The lowest BCUT2D eigenvalue weighted by atomic mass is 10.2. The van der Waals surface area contributed by atoms with Crippen LogP contribution in [0.1, 0.15) is 11.6 Å². The number of hydrogen-bond acceptors (Lipinski definition) is 6. The van der Waals surface area contributed by atoms with E-state index in [4.69, 9.17) is 9.68 Å². The third-order valence-corrected chi connectivity index (χ3v) is 4.31. The van der Waals surface area contributed by atoms with Gasteiger partial charge in [0.15, 0.2) is 5.89 Å². The van der Waals surface area contributed by atoms with E-state index in [-0.39, 0.29) is 5.91 Å². The number of carbonyl (C=O) groups is 1. The van der Waals surface area contributed by atoms with Crippen molar-refractivity contribution in [3.05, 3.63) is 41.9 Å². The molecule has 1 aromatic heterocycles. The first-order valence-electron chi connectivity index (χ1n) is 8.25. The van der Waals surface area contributed by atoms with Gasteiger partial charge in [0.05, 0.1) is 6.54 Å². The highest BCUT2D eigenvalue weighted by molar-refractivity contribution is 5.81. The van der Waals surface area contributed by atoms with Gasteiger partial charge in [-0.25, -0.2) is 4.98 Å². The van der Waals surface area contributed by atoms with E-state index in [9.17, 15) is 4.79 Å². The molecular weight excluding hydrogens is 318 g/mol. The molecule has 25 heavy (non-hydrogen) atoms. The molecule has 1 saturated heterocycles. The number of carbonyl (C=O) groups excluding carboxylic acids is 1. The zero-order valence-electron chi connectivity index (χ0n) is 14.5. The lowest BCUT2D eigenvalue weighted by Crippen LogP contribution is -2.51. The lowest BCUT2D eigenvalue weighted by molar-refractivity contribution is -0.129. The molecule has 0 spiro atoms. The van der Waals surface area contributed by atoms with Crippen molar-refractivity contribution in [2.24, 2.45) is 0 Å². The quantitative estimate of drug-likeness (QED) is 0.843. The normalized spacial score (nSPS) is 14.3. The molecule has 130 valence electrons. The monoisotopic (exact) mass is 339 g/mol. The Balaban J connectivity index is 1.57. The van der Waals surface area contributed by atoms with Crippen molar-refractivity contribution < 1.29 is 9.21 Å². The van der Waals surface area contributed by atoms with E-state index < -0.39 is 0 Å². The van der Waals surface area contributed by atoms with Crippen LogP contribution in [0.5, 0.6) is 0 Å². The Labute approximate surface area is 147 Å². The van der Waals surface area contributed by atoms with Crippen LogP contribution in [0, 0.1) is 18.3 Å². The fraction of sp³-hybridized carbons (Fsp3) is 0.389. The van der Waals surface area contributed by atoms with Gasteiger partial charge in [0, 0.05) is 45.8 Å². The van der Waals surface area contributed by atoms with Gasteiger partial charge in [-0.3, -0.25) is 4.79 Å². The number of anilines is 2. The molecule has 0 bridgehead atoms. The van der Waals surface area contributed by atoms with Gasteiger partial charge < -0.3 is 19.1 Å². The van der Waals surface area contributed by atoms with Crippen molar-refractivity contribution in [3.63, 3.8) is 0 Å². The third kappa shape index (κ3) is 3.74. The number of benzene rings is 1. The number of amides is 1. The number of piperazine rings is 1. The summed E-state index contributed by atoms with van der Waals surface area (Å²) >= 11 is 0. The van der Waals surface area contributed by atoms with Gasteiger partial charge in [-0.05, 0) is 12.1 Å². The van der Waals surface area contributed by atoms with E-state index in [0.717, 1.165) is 5.69 Å². The van der Waals surface area contributed by atoms with Crippen LogP contribution in [0.15, 0.2) is 34.7 Å². The fourth-order valence-electron chi connectivity index (χ4n) is 2.94. The van der Waals surface area contributed by atoms with E-state index in [2.05, 4.69) is 11.1 Å². The Morgan fingerprint density at radius 3 is 2.60 bits per heavy atom. The molecule has 0 radical (unpaired) electrons. The number of rotatable bonds is 4. The van der Waals surface area contributed by atoms with E-state index >= 15 is 0 Å². The fourth-order valence-corrected chi connectivity index (χ4v) is 2.94. The van der Waals surface area contributed by atoms with E-state index in [1.807, 2.05) is 52.1 Å². The number of aryl methyl sites for hydroxylation is 1. The largest absolute Gasteiger partial charge is 0.424 e.